The summed E-state index contributed by atoms with van der Waals surface area (Å²) in [4.78, 5) is 22.7. The molecule has 1 fully saturated rings. The summed E-state index contributed by atoms with van der Waals surface area (Å²) in [5.41, 5.74) is 0.684. The molecule has 2 N–H and O–H groups in total. The van der Waals surface area contributed by atoms with Crippen LogP contribution in [-0.2, 0) is 16.1 Å². The maximum Gasteiger partial charge on any atom is 0.422 e. The van der Waals surface area contributed by atoms with E-state index in [0.717, 1.165) is 0 Å². The second-order valence-electron chi connectivity index (χ2n) is 5.39. The second kappa shape index (κ2) is 6.89. The van der Waals surface area contributed by atoms with Crippen LogP contribution in [0.1, 0.15) is 18.4 Å². The molecule has 0 heterocycles. The number of carbonyl (C=O) groups excluding carboxylic acids is 1. The van der Waals surface area contributed by atoms with Crippen molar-refractivity contribution in [1.29, 1.82) is 0 Å². The highest BCUT2D eigenvalue weighted by molar-refractivity contribution is 5.86. The lowest BCUT2D eigenvalue weighted by molar-refractivity contribution is -0.153. The summed E-state index contributed by atoms with van der Waals surface area (Å²) in [5.74, 6) is -2.35. The monoisotopic (exact) mass is 331 g/mol. The summed E-state index contributed by atoms with van der Waals surface area (Å²) in [6.45, 7) is -1.18. The first-order chi connectivity index (χ1) is 10.8. The zero-order valence-corrected chi connectivity index (χ0v) is 12.1. The van der Waals surface area contributed by atoms with Crippen LogP contribution in [0.3, 0.4) is 0 Å². The van der Waals surface area contributed by atoms with Crippen LogP contribution in [-0.4, -0.2) is 29.8 Å². The van der Waals surface area contributed by atoms with Gasteiger partial charge in [-0.25, -0.2) is 0 Å². The van der Waals surface area contributed by atoms with E-state index < -0.39 is 30.6 Å². The average Bonchev–Trinajstić information content (AvgIpc) is 2.41. The number of ether oxygens (including phenoxy) is 1. The van der Waals surface area contributed by atoms with E-state index in [9.17, 15) is 22.8 Å². The molecule has 0 aliphatic heterocycles. The fraction of sp³-hybridized carbons (Fsp3) is 0.467. The molecule has 1 aromatic carbocycles. The summed E-state index contributed by atoms with van der Waals surface area (Å²) in [5, 5.41) is 11.5. The first-order valence-electron chi connectivity index (χ1n) is 7.05. The predicted molar refractivity (Wildman–Crippen MR) is 73.7 cm³/mol. The van der Waals surface area contributed by atoms with Crippen LogP contribution in [0.2, 0.25) is 0 Å². The van der Waals surface area contributed by atoms with Crippen molar-refractivity contribution in [3.63, 3.8) is 0 Å². The van der Waals surface area contributed by atoms with Crippen molar-refractivity contribution in [3.8, 4) is 5.75 Å². The van der Waals surface area contributed by atoms with Gasteiger partial charge in [-0.2, -0.15) is 13.2 Å². The van der Waals surface area contributed by atoms with E-state index in [1.807, 2.05) is 0 Å². The van der Waals surface area contributed by atoms with Gasteiger partial charge in [-0.1, -0.05) is 12.1 Å². The highest BCUT2D eigenvalue weighted by atomic mass is 19.4. The molecule has 1 saturated carbocycles. The van der Waals surface area contributed by atoms with Gasteiger partial charge in [0, 0.05) is 6.54 Å². The van der Waals surface area contributed by atoms with E-state index >= 15 is 0 Å². The van der Waals surface area contributed by atoms with Gasteiger partial charge in [0.2, 0.25) is 5.91 Å². The van der Waals surface area contributed by atoms with Crippen LogP contribution >= 0.6 is 0 Å². The van der Waals surface area contributed by atoms with Crippen molar-refractivity contribution in [2.45, 2.75) is 25.6 Å². The summed E-state index contributed by atoms with van der Waals surface area (Å²) < 4.78 is 40.6. The van der Waals surface area contributed by atoms with Gasteiger partial charge in [-0.05, 0) is 30.5 Å². The quantitative estimate of drug-likeness (QED) is 0.839. The lowest BCUT2D eigenvalue weighted by Crippen LogP contribution is -2.43. The molecule has 0 saturated heterocycles. The van der Waals surface area contributed by atoms with Gasteiger partial charge < -0.3 is 15.2 Å². The van der Waals surface area contributed by atoms with Crippen LogP contribution in [0.5, 0.6) is 5.75 Å². The third-order valence-corrected chi connectivity index (χ3v) is 3.72. The molecular formula is C15H16F3NO4. The molecule has 2 atom stereocenters. The molecule has 1 amide bonds. The highest BCUT2D eigenvalue weighted by Crippen LogP contribution is 2.34. The van der Waals surface area contributed by atoms with Crippen molar-refractivity contribution in [2.75, 3.05) is 6.61 Å². The number of hydrogen-bond acceptors (Lipinski definition) is 3. The van der Waals surface area contributed by atoms with Gasteiger partial charge in [0.15, 0.2) is 6.61 Å². The molecule has 1 aliphatic carbocycles. The Hall–Kier alpha value is -2.25. The second-order valence-corrected chi connectivity index (χ2v) is 5.39. The zero-order valence-electron chi connectivity index (χ0n) is 12.1. The number of benzene rings is 1. The number of amides is 1. The third-order valence-electron chi connectivity index (χ3n) is 3.72. The summed E-state index contributed by atoms with van der Waals surface area (Å²) in [6, 6.07) is 5.86. The number of carboxylic acid groups (broad SMARTS) is 1. The van der Waals surface area contributed by atoms with Crippen LogP contribution < -0.4 is 10.1 Å². The Morgan fingerprint density at radius 1 is 1.17 bits per heavy atom. The summed E-state index contributed by atoms with van der Waals surface area (Å²) in [6.07, 6.45) is -3.35. The van der Waals surface area contributed by atoms with Gasteiger partial charge in [0.05, 0.1) is 11.8 Å². The first-order valence-corrected chi connectivity index (χ1v) is 7.05. The van der Waals surface area contributed by atoms with Gasteiger partial charge in [0.25, 0.3) is 0 Å². The highest BCUT2D eigenvalue weighted by Gasteiger charge is 2.41. The number of rotatable bonds is 6. The minimum absolute atomic E-state index is 0.0855. The molecule has 8 heteroatoms. The smallest absolute Gasteiger partial charge is 0.422 e. The van der Waals surface area contributed by atoms with E-state index in [1.165, 1.54) is 12.1 Å². The molecular weight excluding hydrogens is 315 g/mol. The number of carboxylic acids is 1. The van der Waals surface area contributed by atoms with Gasteiger partial charge in [0.1, 0.15) is 5.75 Å². The van der Waals surface area contributed by atoms with Crippen molar-refractivity contribution in [2.24, 2.45) is 11.8 Å². The molecule has 2 unspecified atom stereocenters. The van der Waals surface area contributed by atoms with Crippen molar-refractivity contribution in [1.82, 2.24) is 5.32 Å². The lowest BCUT2D eigenvalue weighted by Gasteiger charge is -2.31. The topological polar surface area (TPSA) is 75.6 Å². The maximum atomic E-state index is 12.0. The van der Waals surface area contributed by atoms with Crippen LogP contribution in [0.4, 0.5) is 13.2 Å². The van der Waals surface area contributed by atoms with E-state index in [4.69, 9.17) is 5.11 Å². The van der Waals surface area contributed by atoms with Crippen LogP contribution in [0.15, 0.2) is 24.3 Å². The molecule has 1 aromatic rings. The Balaban J connectivity index is 1.80. The molecule has 5 nitrogen and oxygen atoms in total. The molecule has 0 spiro atoms. The molecule has 0 radical (unpaired) electrons. The Morgan fingerprint density at radius 2 is 1.78 bits per heavy atom. The predicted octanol–water partition coefficient (Wildman–Crippen LogP) is 2.35. The molecule has 126 valence electrons. The Morgan fingerprint density at radius 3 is 2.26 bits per heavy atom. The Bertz CT molecular complexity index is 571. The number of halogens is 3. The first kappa shape index (κ1) is 17.1. The molecule has 1 aliphatic rings. The molecule has 2 rings (SSSR count). The minimum Gasteiger partial charge on any atom is -0.484 e. The van der Waals surface area contributed by atoms with E-state index in [2.05, 4.69) is 10.1 Å². The van der Waals surface area contributed by atoms with Crippen molar-refractivity contribution >= 4 is 11.9 Å². The summed E-state index contributed by atoms with van der Waals surface area (Å²) >= 11 is 0. The number of alkyl halides is 3. The minimum atomic E-state index is -4.39. The van der Waals surface area contributed by atoms with Crippen LogP contribution in [0.25, 0.3) is 0 Å². The number of carbonyl (C=O) groups is 2. The largest absolute Gasteiger partial charge is 0.484 e. The SMILES string of the molecule is O=C(O)C1CCC1C(=O)NCc1ccc(OCC(F)(F)F)cc1. The molecule has 0 bridgehead atoms. The van der Waals surface area contributed by atoms with Crippen molar-refractivity contribution in [3.05, 3.63) is 29.8 Å². The van der Waals surface area contributed by atoms with Gasteiger partial charge in [-0.15, -0.1) is 0 Å². The van der Waals surface area contributed by atoms with Crippen LogP contribution in [0, 0.1) is 11.8 Å². The van der Waals surface area contributed by atoms with Gasteiger partial charge >= 0.3 is 12.1 Å². The third kappa shape index (κ3) is 4.87. The number of hydrogen-bond donors (Lipinski definition) is 2. The maximum absolute atomic E-state index is 12.0. The Labute approximate surface area is 130 Å². The standard InChI is InChI=1S/C15H16F3NO4/c16-15(17,18)8-23-10-3-1-9(2-4-10)7-19-13(20)11-5-6-12(11)14(21)22/h1-4,11-12H,5-8H2,(H,19,20)(H,21,22). The van der Waals surface area contributed by atoms with Gasteiger partial charge in [-0.3, -0.25) is 9.59 Å². The number of nitrogens with one attached hydrogen (secondary N) is 1. The Kier molecular flexibility index (Phi) is 5.12. The van der Waals surface area contributed by atoms with E-state index in [-0.39, 0.29) is 18.2 Å². The number of aliphatic carboxylic acids is 1. The fourth-order valence-electron chi connectivity index (χ4n) is 2.30. The molecule has 0 aromatic heterocycles. The lowest BCUT2D eigenvalue weighted by atomic mass is 9.73. The fourth-order valence-corrected chi connectivity index (χ4v) is 2.30. The average molecular weight is 331 g/mol. The summed E-state index contributed by atoms with van der Waals surface area (Å²) in [7, 11) is 0. The molecule has 23 heavy (non-hydrogen) atoms. The normalized spacial score (nSPS) is 20.5. The van der Waals surface area contributed by atoms with Crippen molar-refractivity contribution < 1.29 is 32.6 Å². The van der Waals surface area contributed by atoms with E-state index in [1.54, 1.807) is 12.1 Å². The zero-order chi connectivity index (χ0) is 17.0. The van der Waals surface area contributed by atoms with E-state index in [0.29, 0.717) is 18.4 Å².